The van der Waals surface area contributed by atoms with Crippen LogP contribution < -0.4 is 0 Å². The number of aromatic nitrogens is 1. The second-order valence-electron chi connectivity index (χ2n) is 4.02. The third-order valence-electron chi connectivity index (χ3n) is 2.87. The number of rotatable bonds is 1. The lowest BCUT2D eigenvalue weighted by Crippen LogP contribution is -2.31. The number of likely N-dealkylation sites (tertiary alicyclic amines) is 1. The number of hydrogen-bond donors (Lipinski definition) is 0. The maximum absolute atomic E-state index is 12.1. The number of hydrogen-bond acceptors (Lipinski definition) is 3. The molecule has 0 bridgehead atoms. The Hall–Kier alpha value is -0.900. The van der Waals surface area contributed by atoms with Gasteiger partial charge in [0.1, 0.15) is 0 Å². The molecule has 4 heteroatoms. The lowest BCUT2D eigenvalue weighted by molar-refractivity contribution is 0.0761. The number of aryl methyl sites for hydroxylation is 1. The molecule has 1 aromatic rings. The quantitative estimate of drug-likeness (QED) is 0.734. The second-order valence-corrected chi connectivity index (χ2v) is 4.65. The molecule has 0 spiro atoms. The zero-order chi connectivity index (χ0) is 10.7. The van der Waals surface area contributed by atoms with Crippen LogP contribution in [0.4, 0.5) is 0 Å². The number of carbonyl (C=O) groups is 1. The van der Waals surface area contributed by atoms with Crippen LogP contribution in [0.15, 0.2) is 5.38 Å². The van der Waals surface area contributed by atoms with E-state index in [0.717, 1.165) is 37.2 Å². The van der Waals surface area contributed by atoms with Crippen molar-refractivity contribution in [2.45, 2.75) is 32.6 Å². The molecule has 0 unspecified atom stereocenters. The summed E-state index contributed by atoms with van der Waals surface area (Å²) in [6, 6.07) is 0. The van der Waals surface area contributed by atoms with Crippen LogP contribution in [0, 0.1) is 6.92 Å². The molecule has 1 aliphatic heterocycles. The number of nitrogens with zero attached hydrogens (tertiary/aromatic N) is 2. The highest BCUT2D eigenvalue weighted by Gasteiger charge is 2.19. The molecule has 0 radical (unpaired) electrons. The van der Waals surface area contributed by atoms with Crippen molar-refractivity contribution >= 4 is 17.4 Å². The Labute approximate surface area is 94.3 Å². The van der Waals surface area contributed by atoms with E-state index in [4.69, 9.17) is 0 Å². The third-order valence-corrected chi connectivity index (χ3v) is 3.59. The van der Waals surface area contributed by atoms with Crippen LogP contribution in [-0.2, 0) is 0 Å². The third kappa shape index (κ3) is 2.37. The first-order valence-electron chi connectivity index (χ1n) is 5.49. The van der Waals surface area contributed by atoms with Gasteiger partial charge in [-0.15, -0.1) is 0 Å². The fraction of sp³-hybridized carbons (Fsp3) is 0.636. The lowest BCUT2D eigenvalue weighted by atomic mass is 10.2. The van der Waals surface area contributed by atoms with Crippen molar-refractivity contribution in [2.75, 3.05) is 13.1 Å². The molecule has 1 fully saturated rings. The Morgan fingerprint density at radius 2 is 2.00 bits per heavy atom. The molecule has 15 heavy (non-hydrogen) atoms. The van der Waals surface area contributed by atoms with Gasteiger partial charge in [-0.25, -0.2) is 0 Å². The molecule has 2 heterocycles. The van der Waals surface area contributed by atoms with E-state index in [9.17, 15) is 4.79 Å². The van der Waals surface area contributed by atoms with Crippen LogP contribution >= 0.6 is 11.5 Å². The van der Waals surface area contributed by atoms with Crippen LogP contribution in [0.5, 0.6) is 0 Å². The Bertz CT molecular complexity index is 340. The van der Waals surface area contributed by atoms with Gasteiger partial charge in [-0.1, -0.05) is 12.8 Å². The van der Waals surface area contributed by atoms with Crippen LogP contribution in [-0.4, -0.2) is 28.3 Å². The SMILES string of the molecule is Cc1nscc1C(=O)N1CCCCCC1. The normalized spacial score (nSPS) is 17.5. The average molecular weight is 224 g/mol. The standard InChI is InChI=1S/C11H16N2OS/c1-9-10(8-15-12-9)11(14)13-6-4-2-3-5-7-13/h8H,2-7H2,1H3. The van der Waals surface area contributed by atoms with Gasteiger partial charge in [0.15, 0.2) is 0 Å². The molecular formula is C11H16N2OS. The van der Waals surface area contributed by atoms with E-state index in [2.05, 4.69) is 4.37 Å². The summed E-state index contributed by atoms with van der Waals surface area (Å²) < 4.78 is 4.15. The van der Waals surface area contributed by atoms with E-state index in [0.29, 0.717) is 0 Å². The van der Waals surface area contributed by atoms with Gasteiger partial charge in [0.2, 0.25) is 0 Å². The monoisotopic (exact) mass is 224 g/mol. The van der Waals surface area contributed by atoms with Gasteiger partial charge in [-0.2, -0.15) is 4.37 Å². The summed E-state index contributed by atoms with van der Waals surface area (Å²) in [7, 11) is 0. The summed E-state index contributed by atoms with van der Waals surface area (Å²) >= 11 is 1.37. The summed E-state index contributed by atoms with van der Waals surface area (Å²) in [5.41, 5.74) is 1.66. The van der Waals surface area contributed by atoms with E-state index in [1.54, 1.807) is 0 Å². The van der Waals surface area contributed by atoms with Crippen LogP contribution in [0.2, 0.25) is 0 Å². The fourth-order valence-electron chi connectivity index (χ4n) is 1.94. The minimum atomic E-state index is 0.170. The smallest absolute Gasteiger partial charge is 0.256 e. The number of amides is 1. The van der Waals surface area contributed by atoms with Crippen molar-refractivity contribution in [1.82, 2.24) is 9.27 Å². The van der Waals surface area contributed by atoms with E-state index < -0.39 is 0 Å². The predicted molar refractivity (Wildman–Crippen MR) is 61.2 cm³/mol. The van der Waals surface area contributed by atoms with Gasteiger partial charge in [0.25, 0.3) is 5.91 Å². The van der Waals surface area contributed by atoms with Crippen molar-refractivity contribution in [3.63, 3.8) is 0 Å². The minimum Gasteiger partial charge on any atom is -0.339 e. The molecule has 0 saturated carbocycles. The largest absolute Gasteiger partial charge is 0.339 e. The lowest BCUT2D eigenvalue weighted by Gasteiger charge is -2.19. The highest BCUT2D eigenvalue weighted by atomic mass is 32.1. The van der Waals surface area contributed by atoms with Crippen molar-refractivity contribution in [3.05, 3.63) is 16.6 Å². The molecule has 0 aromatic carbocycles. The van der Waals surface area contributed by atoms with Crippen LogP contribution in [0.3, 0.4) is 0 Å². The van der Waals surface area contributed by atoms with Gasteiger partial charge < -0.3 is 4.90 Å². The molecule has 1 aliphatic rings. The molecule has 0 atom stereocenters. The van der Waals surface area contributed by atoms with E-state index >= 15 is 0 Å². The highest BCUT2D eigenvalue weighted by Crippen LogP contribution is 2.16. The average Bonchev–Trinajstić information content (AvgIpc) is 2.53. The summed E-state index contributed by atoms with van der Waals surface area (Å²) in [6.07, 6.45) is 4.79. The van der Waals surface area contributed by atoms with E-state index in [-0.39, 0.29) is 5.91 Å². The molecular weight excluding hydrogens is 208 g/mol. The zero-order valence-corrected chi connectivity index (χ0v) is 9.85. The minimum absolute atomic E-state index is 0.170. The summed E-state index contributed by atoms with van der Waals surface area (Å²) in [4.78, 5) is 14.1. The van der Waals surface area contributed by atoms with Crippen molar-refractivity contribution in [1.29, 1.82) is 0 Å². The first kappa shape index (κ1) is 10.6. The summed E-state index contributed by atoms with van der Waals surface area (Å²) in [5.74, 6) is 0.170. The van der Waals surface area contributed by atoms with Gasteiger partial charge in [0.05, 0.1) is 11.3 Å². The maximum Gasteiger partial charge on any atom is 0.256 e. The topological polar surface area (TPSA) is 33.2 Å². The summed E-state index contributed by atoms with van der Waals surface area (Å²) in [5, 5.41) is 1.86. The first-order chi connectivity index (χ1) is 7.29. The maximum atomic E-state index is 12.1. The van der Waals surface area contributed by atoms with Gasteiger partial charge in [-0.3, -0.25) is 4.79 Å². The Morgan fingerprint density at radius 1 is 1.33 bits per heavy atom. The van der Waals surface area contributed by atoms with Crippen molar-refractivity contribution in [2.24, 2.45) is 0 Å². The number of carbonyl (C=O) groups excluding carboxylic acids is 1. The molecule has 0 aliphatic carbocycles. The Kier molecular flexibility index (Phi) is 3.36. The van der Waals surface area contributed by atoms with E-state index in [1.165, 1.54) is 24.4 Å². The van der Waals surface area contributed by atoms with Crippen molar-refractivity contribution in [3.8, 4) is 0 Å². The molecule has 3 nitrogen and oxygen atoms in total. The molecule has 0 N–H and O–H groups in total. The Balaban J connectivity index is 2.09. The van der Waals surface area contributed by atoms with E-state index in [1.807, 2.05) is 17.2 Å². The van der Waals surface area contributed by atoms with Crippen LogP contribution in [0.25, 0.3) is 0 Å². The first-order valence-corrected chi connectivity index (χ1v) is 6.33. The zero-order valence-electron chi connectivity index (χ0n) is 9.03. The fourth-order valence-corrected chi connectivity index (χ4v) is 2.63. The van der Waals surface area contributed by atoms with Gasteiger partial charge in [0, 0.05) is 18.5 Å². The van der Waals surface area contributed by atoms with Gasteiger partial charge in [-0.05, 0) is 31.3 Å². The molecule has 1 aromatic heterocycles. The molecule has 1 saturated heterocycles. The molecule has 1 amide bonds. The highest BCUT2D eigenvalue weighted by molar-refractivity contribution is 7.03. The Morgan fingerprint density at radius 3 is 2.53 bits per heavy atom. The second kappa shape index (κ2) is 4.75. The van der Waals surface area contributed by atoms with Crippen molar-refractivity contribution < 1.29 is 4.79 Å². The van der Waals surface area contributed by atoms with Crippen LogP contribution in [0.1, 0.15) is 41.7 Å². The predicted octanol–water partition coefficient (Wildman–Crippen LogP) is 2.47. The summed E-state index contributed by atoms with van der Waals surface area (Å²) in [6.45, 7) is 3.73. The molecule has 82 valence electrons. The molecule has 2 rings (SSSR count). The van der Waals surface area contributed by atoms with Gasteiger partial charge >= 0.3 is 0 Å².